The zero-order valence-electron chi connectivity index (χ0n) is 14.1. The van der Waals surface area contributed by atoms with Crippen LogP contribution in [0, 0.1) is 0 Å². The van der Waals surface area contributed by atoms with Crippen molar-refractivity contribution in [1.82, 2.24) is 9.78 Å². The van der Waals surface area contributed by atoms with Crippen molar-refractivity contribution in [3.8, 4) is 11.4 Å². The molecular weight excluding hydrogens is 405 g/mol. The number of amides is 1. The summed E-state index contributed by atoms with van der Waals surface area (Å²) in [6.45, 7) is -0.163. The Bertz CT molecular complexity index is 992. The average molecular weight is 420 g/mol. The van der Waals surface area contributed by atoms with E-state index in [0.717, 1.165) is 28.5 Å². The van der Waals surface area contributed by atoms with E-state index in [4.69, 9.17) is 27.9 Å². The number of fused-ring (bicyclic) bond motifs is 1. The molecule has 0 saturated heterocycles. The summed E-state index contributed by atoms with van der Waals surface area (Å²) >= 11 is 13.7. The molecule has 5 nitrogen and oxygen atoms in total. The van der Waals surface area contributed by atoms with E-state index in [1.807, 2.05) is 30.3 Å². The molecule has 0 fully saturated rings. The van der Waals surface area contributed by atoms with Crippen LogP contribution < -0.4 is 10.1 Å². The van der Waals surface area contributed by atoms with Crippen molar-refractivity contribution >= 4 is 46.7 Å². The van der Waals surface area contributed by atoms with Crippen molar-refractivity contribution in [3.63, 3.8) is 0 Å². The van der Waals surface area contributed by atoms with Crippen LogP contribution in [0.5, 0.6) is 5.75 Å². The quantitative estimate of drug-likeness (QED) is 0.635. The molecule has 1 aliphatic rings. The maximum absolute atomic E-state index is 12.5. The molecule has 138 valence electrons. The number of rotatable bonds is 5. The minimum absolute atomic E-state index is 0.163. The fourth-order valence-corrected chi connectivity index (χ4v) is 4.30. The number of aromatic nitrogens is 2. The molecule has 8 heteroatoms. The zero-order chi connectivity index (χ0) is 18.8. The number of para-hydroxylation sites is 1. The van der Waals surface area contributed by atoms with E-state index in [2.05, 4.69) is 10.4 Å². The number of hydrogen-bond acceptors (Lipinski definition) is 4. The number of ether oxygens (including phenoxy) is 1. The second kappa shape index (κ2) is 7.84. The van der Waals surface area contributed by atoms with Gasteiger partial charge in [0.2, 0.25) is 0 Å². The van der Waals surface area contributed by atoms with Crippen LogP contribution in [-0.4, -0.2) is 22.3 Å². The molecule has 1 aliphatic heterocycles. The summed E-state index contributed by atoms with van der Waals surface area (Å²) in [5.41, 5.74) is 2.96. The van der Waals surface area contributed by atoms with Crippen molar-refractivity contribution in [1.29, 1.82) is 0 Å². The minimum Gasteiger partial charge on any atom is -0.482 e. The highest BCUT2D eigenvalue weighted by atomic mass is 35.5. The summed E-state index contributed by atoms with van der Waals surface area (Å²) in [6.07, 6.45) is 0. The highest BCUT2D eigenvalue weighted by molar-refractivity contribution is 7.98. The molecule has 1 amide bonds. The lowest BCUT2D eigenvalue weighted by Gasteiger charge is -2.12. The highest BCUT2D eigenvalue weighted by Gasteiger charge is 2.24. The van der Waals surface area contributed by atoms with Gasteiger partial charge < -0.3 is 10.1 Å². The molecule has 27 heavy (non-hydrogen) atoms. The smallest absolute Gasteiger partial charge is 0.263 e. The Hall–Kier alpha value is -2.15. The second-order valence-corrected chi connectivity index (χ2v) is 7.75. The lowest BCUT2D eigenvalue weighted by Crippen LogP contribution is -2.22. The lowest BCUT2D eigenvalue weighted by molar-refractivity contribution is -0.118. The van der Waals surface area contributed by atoms with Gasteiger partial charge in [-0.1, -0.05) is 41.4 Å². The molecule has 0 saturated carbocycles. The van der Waals surface area contributed by atoms with Crippen LogP contribution in [0.1, 0.15) is 11.3 Å². The molecule has 1 aromatic heterocycles. The van der Waals surface area contributed by atoms with Crippen molar-refractivity contribution < 1.29 is 9.53 Å². The number of nitrogens with zero attached hydrogens (tertiary/aromatic N) is 2. The Morgan fingerprint density at radius 3 is 2.78 bits per heavy atom. The average Bonchev–Trinajstić information content (AvgIpc) is 3.24. The topological polar surface area (TPSA) is 56.1 Å². The van der Waals surface area contributed by atoms with Gasteiger partial charge in [0.1, 0.15) is 11.6 Å². The molecule has 2 heterocycles. The van der Waals surface area contributed by atoms with Crippen LogP contribution in [0.25, 0.3) is 5.69 Å². The monoisotopic (exact) mass is 419 g/mol. The number of anilines is 1. The molecular formula is C19H15Cl2N3O2S. The molecule has 0 aliphatic carbocycles. The van der Waals surface area contributed by atoms with Gasteiger partial charge in [-0.05, 0) is 30.3 Å². The number of hydrogen-bond donors (Lipinski definition) is 1. The van der Waals surface area contributed by atoms with Crippen LogP contribution in [0.4, 0.5) is 5.82 Å². The fourth-order valence-electron chi connectivity index (χ4n) is 2.80. The molecule has 3 aromatic rings. The molecule has 4 rings (SSSR count). The van der Waals surface area contributed by atoms with Crippen molar-refractivity contribution in [2.24, 2.45) is 0 Å². The van der Waals surface area contributed by atoms with E-state index >= 15 is 0 Å². The van der Waals surface area contributed by atoms with E-state index in [9.17, 15) is 4.79 Å². The fraction of sp³-hybridized carbons (Fsp3) is 0.158. The minimum atomic E-state index is -0.280. The summed E-state index contributed by atoms with van der Waals surface area (Å²) in [6, 6.07) is 14.6. The second-order valence-electron chi connectivity index (χ2n) is 5.93. The van der Waals surface area contributed by atoms with Crippen molar-refractivity contribution in [2.75, 3.05) is 11.9 Å². The van der Waals surface area contributed by atoms with E-state index in [0.29, 0.717) is 21.6 Å². The van der Waals surface area contributed by atoms with E-state index < -0.39 is 0 Å². The third kappa shape index (κ3) is 3.93. The van der Waals surface area contributed by atoms with Crippen LogP contribution in [0.2, 0.25) is 10.0 Å². The summed E-state index contributed by atoms with van der Waals surface area (Å²) in [7, 11) is 0. The van der Waals surface area contributed by atoms with Gasteiger partial charge in [0.25, 0.3) is 5.91 Å². The standard InChI is InChI=1S/C19H15Cl2N3O2S/c20-12-6-7-17(15(21)8-12)26-9-18(25)22-19-14-10-27-11-16(14)23-24(19)13-4-2-1-3-5-13/h1-8H,9-11H2,(H,22,25). The summed E-state index contributed by atoms with van der Waals surface area (Å²) in [5.74, 6) is 2.49. The first-order valence-electron chi connectivity index (χ1n) is 8.23. The van der Waals surface area contributed by atoms with Gasteiger partial charge in [-0.3, -0.25) is 4.79 Å². The summed E-state index contributed by atoms with van der Waals surface area (Å²) in [5, 5.41) is 8.48. The Kier molecular flexibility index (Phi) is 5.29. The van der Waals surface area contributed by atoms with Crippen LogP contribution >= 0.6 is 35.0 Å². The third-order valence-corrected chi connectivity index (χ3v) is 5.56. The maximum atomic E-state index is 12.5. The van der Waals surface area contributed by atoms with E-state index in [1.165, 1.54) is 0 Å². The highest BCUT2D eigenvalue weighted by Crippen LogP contribution is 2.36. The maximum Gasteiger partial charge on any atom is 0.263 e. The van der Waals surface area contributed by atoms with Gasteiger partial charge in [-0.15, -0.1) is 0 Å². The van der Waals surface area contributed by atoms with Crippen molar-refractivity contribution in [3.05, 3.63) is 69.8 Å². The molecule has 0 atom stereocenters. The van der Waals surface area contributed by atoms with Crippen molar-refractivity contribution in [2.45, 2.75) is 11.5 Å². The molecule has 2 aromatic carbocycles. The normalized spacial score (nSPS) is 12.7. The predicted octanol–water partition coefficient (Wildman–Crippen LogP) is 4.94. The molecule has 0 bridgehead atoms. The molecule has 0 radical (unpaired) electrons. The number of carbonyl (C=O) groups is 1. The predicted molar refractivity (Wildman–Crippen MR) is 109 cm³/mol. The number of thioether (sulfide) groups is 1. The van der Waals surface area contributed by atoms with Crippen LogP contribution in [0.15, 0.2) is 48.5 Å². The van der Waals surface area contributed by atoms with E-state index in [-0.39, 0.29) is 12.5 Å². The van der Waals surface area contributed by atoms with Gasteiger partial charge in [-0.2, -0.15) is 16.9 Å². The first kappa shape index (κ1) is 18.2. The molecule has 1 N–H and O–H groups in total. The summed E-state index contributed by atoms with van der Waals surface area (Å²) < 4.78 is 7.31. The SMILES string of the molecule is O=C(COc1ccc(Cl)cc1Cl)Nc1c2c(nn1-c1ccccc1)CSC2. The zero-order valence-corrected chi connectivity index (χ0v) is 16.4. The number of halogens is 2. The van der Waals surface area contributed by atoms with E-state index in [1.54, 1.807) is 34.6 Å². The number of benzene rings is 2. The Morgan fingerprint density at radius 2 is 2.00 bits per heavy atom. The van der Waals surface area contributed by atoms with Crippen LogP contribution in [0.3, 0.4) is 0 Å². The summed E-state index contributed by atoms with van der Waals surface area (Å²) in [4.78, 5) is 12.5. The molecule has 0 unspecified atom stereocenters. The first-order valence-corrected chi connectivity index (χ1v) is 10.1. The van der Waals surface area contributed by atoms with Gasteiger partial charge in [0, 0.05) is 22.1 Å². The number of nitrogens with one attached hydrogen (secondary N) is 1. The van der Waals surface area contributed by atoms with Gasteiger partial charge >= 0.3 is 0 Å². The third-order valence-electron chi connectivity index (χ3n) is 4.06. The lowest BCUT2D eigenvalue weighted by atomic mass is 10.2. The first-order chi connectivity index (χ1) is 13.1. The number of carbonyl (C=O) groups excluding carboxylic acids is 1. The largest absolute Gasteiger partial charge is 0.482 e. The van der Waals surface area contributed by atoms with Crippen LogP contribution in [-0.2, 0) is 16.3 Å². The Balaban J connectivity index is 1.53. The van der Waals surface area contributed by atoms with Gasteiger partial charge in [0.15, 0.2) is 6.61 Å². The van der Waals surface area contributed by atoms with Gasteiger partial charge in [0.05, 0.1) is 16.4 Å². The molecule has 0 spiro atoms. The van der Waals surface area contributed by atoms with Gasteiger partial charge in [-0.25, -0.2) is 4.68 Å². The Labute approximate surface area is 170 Å². The Morgan fingerprint density at radius 1 is 1.19 bits per heavy atom.